The highest BCUT2D eigenvalue weighted by molar-refractivity contribution is 5.79. The number of hydrogen-bond donors (Lipinski definition) is 2. The zero-order valence-corrected chi connectivity index (χ0v) is 15.7. The minimum Gasteiger partial charge on any atom is -0.356 e. The topological polar surface area (TPSA) is 54.2 Å². The van der Waals surface area contributed by atoms with Gasteiger partial charge in [-0.2, -0.15) is 13.2 Å². The molecule has 1 aromatic heterocycles. The van der Waals surface area contributed by atoms with E-state index in [2.05, 4.69) is 25.2 Å². The van der Waals surface area contributed by atoms with Crippen LogP contribution in [0.2, 0.25) is 0 Å². The summed E-state index contributed by atoms with van der Waals surface area (Å²) < 4.78 is 39.8. The van der Waals surface area contributed by atoms with Crippen molar-refractivity contribution in [3.05, 3.63) is 53.6 Å². The summed E-state index contributed by atoms with van der Waals surface area (Å²) in [5, 5.41) is 6.42. The van der Waals surface area contributed by atoms with Crippen molar-refractivity contribution >= 4 is 5.96 Å². The Hall–Kier alpha value is -2.51. The molecule has 0 atom stereocenters. The number of unbranched alkanes of at least 4 members (excludes halogenated alkanes) is 1. The van der Waals surface area contributed by atoms with E-state index in [0.717, 1.165) is 49.5 Å². The molecule has 5 nitrogen and oxygen atoms in total. The highest BCUT2D eigenvalue weighted by Gasteiger charge is 2.29. The molecule has 0 saturated heterocycles. The number of aryl methyl sites for hydroxylation is 2. The minimum absolute atomic E-state index is 0.596. The zero-order chi connectivity index (χ0) is 19.7. The van der Waals surface area contributed by atoms with E-state index in [1.165, 1.54) is 12.1 Å². The van der Waals surface area contributed by atoms with Gasteiger partial charge in [0.2, 0.25) is 0 Å². The van der Waals surface area contributed by atoms with E-state index in [1.807, 2.05) is 13.1 Å². The summed E-state index contributed by atoms with van der Waals surface area (Å²) in [6.07, 6.45) is 2.14. The molecule has 0 unspecified atom stereocenters. The largest absolute Gasteiger partial charge is 0.416 e. The Morgan fingerprint density at radius 2 is 1.81 bits per heavy atom. The highest BCUT2D eigenvalue weighted by atomic mass is 19.4. The predicted octanol–water partition coefficient (Wildman–Crippen LogP) is 3.40. The summed E-state index contributed by atoms with van der Waals surface area (Å²) in [6, 6.07) is 5.26. The molecule has 0 aliphatic carbocycles. The number of nitrogens with one attached hydrogen (secondary N) is 2. The molecule has 0 aliphatic heterocycles. The number of benzene rings is 1. The number of nitrogens with zero attached hydrogens (tertiary/aromatic N) is 3. The maximum atomic E-state index is 12.6. The van der Waals surface area contributed by atoms with Crippen molar-refractivity contribution in [3.63, 3.8) is 0 Å². The first-order valence-electron chi connectivity index (χ1n) is 8.98. The van der Waals surface area contributed by atoms with E-state index in [-0.39, 0.29) is 0 Å². The fourth-order valence-electron chi connectivity index (χ4n) is 2.66. The van der Waals surface area contributed by atoms with E-state index >= 15 is 0 Å². The number of alkyl halides is 3. The number of rotatable bonds is 8. The van der Waals surface area contributed by atoms with Crippen LogP contribution in [0.3, 0.4) is 0 Å². The van der Waals surface area contributed by atoms with Gasteiger partial charge in [-0.25, -0.2) is 4.98 Å². The molecule has 2 rings (SSSR count). The van der Waals surface area contributed by atoms with Gasteiger partial charge in [0.1, 0.15) is 5.82 Å². The third-order valence-electron chi connectivity index (χ3n) is 4.25. The van der Waals surface area contributed by atoms with Gasteiger partial charge in [-0.05, 0) is 43.9 Å². The second-order valence-electron chi connectivity index (χ2n) is 6.25. The lowest BCUT2D eigenvalue weighted by atomic mass is 10.1. The first kappa shape index (κ1) is 20.8. The van der Waals surface area contributed by atoms with E-state index < -0.39 is 11.7 Å². The Labute approximate surface area is 157 Å². The van der Waals surface area contributed by atoms with Crippen molar-refractivity contribution in [2.45, 2.75) is 38.9 Å². The fraction of sp³-hybridized carbons (Fsp3) is 0.474. The molecule has 1 heterocycles. The Morgan fingerprint density at radius 3 is 2.41 bits per heavy atom. The zero-order valence-electron chi connectivity index (χ0n) is 15.7. The summed E-state index contributed by atoms with van der Waals surface area (Å²) >= 11 is 0. The van der Waals surface area contributed by atoms with Crippen LogP contribution in [-0.2, 0) is 19.1 Å². The maximum Gasteiger partial charge on any atom is 0.416 e. The Balaban J connectivity index is 1.63. The predicted molar refractivity (Wildman–Crippen MR) is 101 cm³/mol. The molecule has 0 fully saturated rings. The lowest BCUT2D eigenvalue weighted by molar-refractivity contribution is -0.137. The molecular weight excluding hydrogens is 355 g/mol. The second-order valence-corrected chi connectivity index (χ2v) is 6.25. The van der Waals surface area contributed by atoms with Gasteiger partial charge in [0.05, 0.1) is 5.56 Å². The van der Waals surface area contributed by atoms with Crippen molar-refractivity contribution in [2.24, 2.45) is 4.99 Å². The number of imidazole rings is 1. The average molecular weight is 381 g/mol. The maximum absolute atomic E-state index is 12.6. The highest BCUT2D eigenvalue weighted by Crippen LogP contribution is 2.29. The normalized spacial score (nSPS) is 12.3. The quantitative estimate of drug-likeness (QED) is 0.419. The number of halogens is 3. The van der Waals surface area contributed by atoms with Gasteiger partial charge >= 0.3 is 6.18 Å². The van der Waals surface area contributed by atoms with Crippen LogP contribution in [0.5, 0.6) is 0 Å². The molecular formula is C19H26F3N5. The monoisotopic (exact) mass is 381 g/mol. The number of hydrogen-bond acceptors (Lipinski definition) is 2. The molecule has 0 bridgehead atoms. The molecule has 0 radical (unpaired) electrons. The standard InChI is InChI=1S/C19H26F3N5/c1-15-24-12-14-27(15)13-4-3-10-25-18(23-2)26-11-9-16-5-7-17(8-6-16)19(20,21)22/h5-8,12,14H,3-4,9-11,13H2,1-2H3,(H2,23,25,26). The third kappa shape index (κ3) is 6.96. The van der Waals surface area contributed by atoms with E-state index in [1.54, 1.807) is 13.2 Å². The second kappa shape index (κ2) is 9.99. The fourth-order valence-corrected chi connectivity index (χ4v) is 2.66. The van der Waals surface area contributed by atoms with E-state index in [0.29, 0.717) is 18.9 Å². The van der Waals surface area contributed by atoms with Gasteiger partial charge < -0.3 is 15.2 Å². The van der Waals surface area contributed by atoms with Crippen molar-refractivity contribution < 1.29 is 13.2 Å². The van der Waals surface area contributed by atoms with Gasteiger partial charge in [-0.15, -0.1) is 0 Å². The van der Waals surface area contributed by atoms with E-state index in [9.17, 15) is 13.2 Å². The molecule has 27 heavy (non-hydrogen) atoms. The molecule has 0 amide bonds. The summed E-state index contributed by atoms with van der Waals surface area (Å²) in [6.45, 7) is 4.32. The van der Waals surface area contributed by atoms with Crippen LogP contribution in [0.25, 0.3) is 0 Å². The van der Waals surface area contributed by atoms with Crippen LogP contribution >= 0.6 is 0 Å². The lowest BCUT2D eigenvalue weighted by Crippen LogP contribution is -2.38. The Kier molecular flexibility index (Phi) is 7.69. The van der Waals surface area contributed by atoms with Gasteiger partial charge in [0.15, 0.2) is 5.96 Å². The van der Waals surface area contributed by atoms with Crippen LogP contribution < -0.4 is 10.6 Å². The lowest BCUT2D eigenvalue weighted by Gasteiger charge is -2.12. The smallest absolute Gasteiger partial charge is 0.356 e. The van der Waals surface area contributed by atoms with Crippen LogP contribution in [0.15, 0.2) is 41.7 Å². The molecule has 8 heteroatoms. The van der Waals surface area contributed by atoms with Gasteiger partial charge in [0, 0.05) is 39.1 Å². The number of guanidine groups is 1. The minimum atomic E-state index is -4.29. The summed E-state index contributed by atoms with van der Waals surface area (Å²) in [4.78, 5) is 8.35. The van der Waals surface area contributed by atoms with E-state index in [4.69, 9.17) is 0 Å². The van der Waals surface area contributed by atoms with Crippen LogP contribution in [0.4, 0.5) is 13.2 Å². The van der Waals surface area contributed by atoms with Crippen LogP contribution in [0.1, 0.15) is 29.8 Å². The van der Waals surface area contributed by atoms with Crippen LogP contribution in [0, 0.1) is 6.92 Å². The third-order valence-corrected chi connectivity index (χ3v) is 4.25. The average Bonchev–Trinajstić information content (AvgIpc) is 3.04. The SMILES string of the molecule is CN=C(NCCCCn1ccnc1C)NCCc1ccc(C(F)(F)F)cc1. The van der Waals surface area contributed by atoms with Crippen molar-refractivity contribution in [1.29, 1.82) is 0 Å². The Bertz CT molecular complexity index is 720. The summed E-state index contributed by atoms with van der Waals surface area (Å²) in [5.74, 6) is 1.71. The molecule has 0 spiro atoms. The van der Waals surface area contributed by atoms with Crippen molar-refractivity contribution in [3.8, 4) is 0 Å². The molecule has 1 aromatic carbocycles. The first-order valence-corrected chi connectivity index (χ1v) is 8.98. The number of aromatic nitrogens is 2. The summed E-state index contributed by atoms with van der Waals surface area (Å²) in [7, 11) is 1.70. The molecule has 0 aliphatic rings. The molecule has 2 N–H and O–H groups in total. The number of aliphatic imine (C=N–C) groups is 1. The molecule has 2 aromatic rings. The van der Waals surface area contributed by atoms with Gasteiger partial charge in [0.25, 0.3) is 0 Å². The molecule has 0 saturated carbocycles. The van der Waals surface area contributed by atoms with Gasteiger partial charge in [-0.3, -0.25) is 4.99 Å². The van der Waals surface area contributed by atoms with Crippen molar-refractivity contribution in [2.75, 3.05) is 20.1 Å². The van der Waals surface area contributed by atoms with Crippen LogP contribution in [-0.4, -0.2) is 35.6 Å². The van der Waals surface area contributed by atoms with Crippen molar-refractivity contribution in [1.82, 2.24) is 20.2 Å². The summed E-state index contributed by atoms with van der Waals surface area (Å²) in [5.41, 5.74) is 0.226. The first-order chi connectivity index (χ1) is 12.9. The Morgan fingerprint density at radius 1 is 1.11 bits per heavy atom. The van der Waals surface area contributed by atoms with Gasteiger partial charge in [-0.1, -0.05) is 12.1 Å². The molecule has 148 valence electrons.